The van der Waals surface area contributed by atoms with Gasteiger partial charge in [-0.3, -0.25) is 24.6 Å². The summed E-state index contributed by atoms with van der Waals surface area (Å²) in [6.07, 6.45) is 5.76. The molecule has 0 aromatic heterocycles. The molecule has 4 aliphatic rings. The summed E-state index contributed by atoms with van der Waals surface area (Å²) in [5, 5.41) is 16.8. The fraction of sp³-hybridized carbons (Fsp3) is 0.625. The minimum absolute atomic E-state index is 0.106. The Morgan fingerprint density at radius 2 is 1.84 bits per heavy atom. The highest BCUT2D eigenvalue weighted by Gasteiger charge is 2.71. The van der Waals surface area contributed by atoms with Crippen molar-refractivity contribution in [3.63, 3.8) is 0 Å². The van der Waals surface area contributed by atoms with Crippen LogP contribution in [0.25, 0.3) is 0 Å². The second-order valence-corrected chi connectivity index (χ2v) is 9.56. The molecule has 1 saturated carbocycles. The highest BCUT2D eigenvalue weighted by Crippen LogP contribution is 2.54. The van der Waals surface area contributed by atoms with Crippen LogP contribution in [0.2, 0.25) is 0 Å². The molecule has 3 fully saturated rings. The number of carbonyl (C=O) groups is 3. The van der Waals surface area contributed by atoms with Crippen LogP contribution in [0.3, 0.4) is 0 Å². The Labute approximate surface area is 182 Å². The number of likely N-dealkylation sites (tertiary alicyclic amines) is 1. The van der Waals surface area contributed by atoms with Crippen LogP contribution in [0.4, 0.5) is 5.69 Å². The van der Waals surface area contributed by atoms with E-state index in [9.17, 15) is 19.5 Å². The Hall–Kier alpha value is -2.25. The van der Waals surface area contributed by atoms with Crippen LogP contribution < -0.4 is 10.6 Å². The van der Waals surface area contributed by atoms with Crippen LogP contribution in [0.5, 0.6) is 0 Å². The molecular weight excluding hydrogens is 394 g/mol. The van der Waals surface area contributed by atoms with E-state index in [0.29, 0.717) is 0 Å². The number of aryl methyl sites for hydroxylation is 1. The first-order valence-electron chi connectivity index (χ1n) is 11.7. The standard InChI is InChI=1S/C24H31N3O4/c1-3-14-9-8-12-16-20(14)25-23(31)24(16)18-17(19(26-24)13(2)28)21(29)27(22(18)30)15-10-6-4-5-7-11-15/h8-9,12-13,15,17-19,26,28H,3-7,10-11H2,1-2H3,(H,25,31)/t13-,17+,18+,19-,24+/m1/s1. The third-order valence-corrected chi connectivity index (χ3v) is 7.90. The normalized spacial score (nSPS) is 34.1. The molecule has 5 atom stereocenters. The number of carbonyl (C=O) groups excluding carboxylic acids is 3. The predicted octanol–water partition coefficient (Wildman–Crippen LogP) is 2.07. The third-order valence-electron chi connectivity index (χ3n) is 7.90. The average Bonchev–Trinajstić information content (AvgIpc) is 3.23. The molecule has 0 unspecified atom stereocenters. The lowest BCUT2D eigenvalue weighted by atomic mass is 9.76. The molecule has 3 N–H and O–H groups in total. The molecule has 31 heavy (non-hydrogen) atoms. The van der Waals surface area contributed by atoms with Crippen LogP contribution in [0, 0.1) is 11.8 Å². The molecule has 0 radical (unpaired) electrons. The van der Waals surface area contributed by atoms with E-state index in [1.807, 2.05) is 25.1 Å². The number of amides is 3. The van der Waals surface area contributed by atoms with E-state index in [4.69, 9.17) is 0 Å². The number of imide groups is 1. The molecule has 1 aliphatic carbocycles. The minimum Gasteiger partial charge on any atom is -0.392 e. The second-order valence-electron chi connectivity index (χ2n) is 9.56. The van der Waals surface area contributed by atoms with Crippen molar-refractivity contribution in [1.29, 1.82) is 0 Å². The zero-order valence-corrected chi connectivity index (χ0v) is 18.2. The minimum atomic E-state index is -1.32. The number of anilines is 1. The van der Waals surface area contributed by atoms with Gasteiger partial charge in [0, 0.05) is 23.3 Å². The maximum absolute atomic E-state index is 13.9. The maximum atomic E-state index is 13.9. The van der Waals surface area contributed by atoms with Crippen molar-refractivity contribution >= 4 is 23.4 Å². The fourth-order valence-electron chi connectivity index (χ4n) is 6.43. The molecule has 3 heterocycles. The molecule has 3 amide bonds. The van der Waals surface area contributed by atoms with Gasteiger partial charge in [0.05, 0.1) is 17.9 Å². The molecular formula is C24H31N3O4. The van der Waals surface area contributed by atoms with Crippen LogP contribution >= 0.6 is 0 Å². The largest absolute Gasteiger partial charge is 0.392 e. The van der Waals surface area contributed by atoms with Gasteiger partial charge < -0.3 is 10.4 Å². The van der Waals surface area contributed by atoms with Crippen molar-refractivity contribution in [3.05, 3.63) is 29.3 Å². The topological polar surface area (TPSA) is 98.7 Å². The molecule has 1 aromatic carbocycles. The van der Waals surface area contributed by atoms with E-state index in [2.05, 4.69) is 10.6 Å². The van der Waals surface area contributed by atoms with E-state index < -0.39 is 29.5 Å². The van der Waals surface area contributed by atoms with Gasteiger partial charge in [-0.2, -0.15) is 0 Å². The van der Waals surface area contributed by atoms with Crippen LogP contribution in [0.1, 0.15) is 63.5 Å². The van der Waals surface area contributed by atoms with Gasteiger partial charge in [0.2, 0.25) is 17.7 Å². The van der Waals surface area contributed by atoms with Crippen molar-refractivity contribution in [3.8, 4) is 0 Å². The second kappa shape index (κ2) is 7.41. The first-order valence-corrected chi connectivity index (χ1v) is 11.7. The summed E-state index contributed by atoms with van der Waals surface area (Å²) in [7, 11) is 0. The monoisotopic (exact) mass is 425 g/mol. The number of nitrogens with one attached hydrogen (secondary N) is 2. The van der Waals surface area contributed by atoms with Crippen molar-refractivity contribution in [1.82, 2.24) is 10.2 Å². The van der Waals surface area contributed by atoms with Gasteiger partial charge in [0.15, 0.2) is 0 Å². The molecule has 7 nitrogen and oxygen atoms in total. The van der Waals surface area contributed by atoms with Crippen molar-refractivity contribution < 1.29 is 19.5 Å². The maximum Gasteiger partial charge on any atom is 0.250 e. The van der Waals surface area contributed by atoms with Gasteiger partial charge in [-0.15, -0.1) is 0 Å². The number of aliphatic hydroxyl groups excluding tert-OH is 1. The first-order chi connectivity index (χ1) is 14.9. The summed E-state index contributed by atoms with van der Waals surface area (Å²) in [5.41, 5.74) is 1.14. The molecule has 1 aromatic rings. The smallest absolute Gasteiger partial charge is 0.250 e. The number of rotatable bonds is 3. The summed E-state index contributed by atoms with van der Waals surface area (Å²) < 4.78 is 0. The van der Waals surface area contributed by atoms with Crippen molar-refractivity contribution in [2.75, 3.05) is 5.32 Å². The van der Waals surface area contributed by atoms with Crippen molar-refractivity contribution in [2.24, 2.45) is 11.8 Å². The number of benzene rings is 1. The van der Waals surface area contributed by atoms with Gasteiger partial charge in [-0.1, -0.05) is 50.8 Å². The molecule has 0 bridgehead atoms. The summed E-state index contributed by atoms with van der Waals surface area (Å²) >= 11 is 0. The van der Waals surface area contributed by atoms with Crippen LogP contribution in [0.15, 0.2) is 18.2 Å². The average molecular weight is 426 g/mol. The Kier molecular flexibility index (Phi) is 4.94. The van der Waals surface area contributed by atoms with Crippen molar-refractivity contribution in [2.45, 2.75) is 82.5 Å². The summed E-state index contributed by atoms with van der Waals surface area (Å²) in [6.45, 7) is 3.64. The van der Waals surface area contributed by atoms with E-state index in [1.54, 1.807) is 6.92 Å². The number of aliphatic hydroxyl groups is 1. The molecule has 3 aliphatic heterocycles. The van der Waals surface area contributed by atoms with E-state index >= 15 is 0 Å². The summed E-state index contributed by atoms with van der Waals surface area (Å²) in [6, 6.07) is 4.98. The lowest BCUT2D eigenvalue weighted by Crippen LogP contribution is -2.55. The Bertz CT molecular complexity index is 937. The lowest BCUT2D eigenvalue weighted by Gasteiger charge is -2.32. The first kappa shape index (κ1) is 20.6. The molecule has 2 saturated heterocycles. The number of hydrogen-bond acceptors (Lipinski definition) is 5. The van der Waals surface area contributed by atoms with Gasteiger partial charge in [0.25, 0.3) is 0 Å². The van der Waals surface area contributed by atoms with Crippen LogP contribution in [-0.4, -0.2) is 45.9 Å². The summed E-state index contributed by atoms with van der Waals surface area (Å²) in [4.78, 5) is 42.4. The lowest BCUT2D eigenvalue weighted by molar-refractivity contribution is -0.146. The number of para-hydroxylation sites is 1. The fourth-order valence-corrected chi connectivity index (χ4v) is 6.43. The Morgan fingerprint density at radius 3 is 2.48 bits per heavy atom. The van der Waals surface area contributed by atoms with E-state index in [1.165, 1.54) is 4.90 Å². The third kappa shape index (κ3) is 2.75. The summed E-state index contributed by atoms with van der Waals surface area (Å²) in [5.74, 6) is -2.37. The number of hydrogen-bond donors (Lipinski definition) is 3. The predicted molar refractivity (Wildman–Crippen MR) is 115 cm³/mol. The molecule has 5 rings (SSSR count). The molecule has 166 valence electrons. The Balaban J connectivity index is 1.63. The van der Waals surface area contributed by atoms with Crippen LogP contribution in [-0.2, 0) is 26.3 Å². The highest BCUT2D eigenvalue weighted by molar-refractivity contribution is 6.15. The number of nitrogens with zero attached hydrogens (tertiary/aromatic N) is 1. The van der Waals surface area contributed by atoms with Gasteiger partial charge in [0.1, 0.15) is 5.54 Å². The molecule has 1 spiro atoms. The van der Waals surface area contributed by atoms with E-state index in [-0.39, 0.29) is 23.8 Å². The SMILES string of the molecule is CCc1cccc2c1NC(=O)[C@]21N[C@H]([C@@H](C)O)[C@H]2C(=O)N(C3CCCCCC3)C(=O)[C@H]21. The zero-order valence-electron chi connectivity index (χ0n) is 18.2. The quantitative estimate of drug-likeness (QED) is 0.509. The van der Waals surface area contributed by atoms with E-state index in [0.717, 1.165) is 61.8 Å². The van der Waals surface area contributed by atoms with Gasteiger partial charge in [-0.25, -0.2) is 0 Å². The van der Waals surface area contributed by atoms with Gasteiger partial charge in [-0.05, 0) is 31.7 Å². The number of fused-ring (bicyclic) bond motifs is 4. The highest BCUT2D eigenvalue weighted by atomic mass is 16.3. The Morgan fingerprint density at radius 1 is 1.13 bits per heavy atom. The van der Waals surface area contributed by atoms with Gasteiger partial charge >= 0.3 is 0 Å². The zero-order chi connectivity index (χ0) is 21.9. The molecule has 7 heteroatoms.